The Bertz CT molecular complexity index is 361. The minimum atomic E-state index is -1.02. The molecule has 0 radical (unpaired) electrons. The molecule has 0 fully saturated rings. The molecule has 0 atom stereocenters. The van der Waals surface area contributed by atoms with Crippen molar-refractivity contribution in [1.82, 2.24) is 4.90 Å². The third-order valence-electron chi connectivity index (χ3n) is 1.97. The summed E-state index contributed by atoms with van der Waals surface area (Å²) in [5.41, 5.74) is 5.98. The fourth-order valence-corrected chi connectivity index (χ4v) is 0.838. The summed E-state index contributed by atoms with van der Waals surface area (Å²) in [6.07, 6.45) is 3.31. The van der Waals surface area contributed by atoms with Gasteiger partial charge in [0.1, 0.15) is 0 Å². The molecule has 0 rings (SSSR count). The molecule has 2 N–H and O–H groups in total. The maximum atomic E-state index is 13.5. The Kier molecular flexibility index (Phi) is 5.50. The first kappa shape index (κ1) is 14.4. The normalized spacial score (nSPS) is 14.6. The van der Waals surface area contributed by atoms with Crippen LogP contribution in [0.15, 0.2) is 47.5 Å². The van der Waals surface area contributed by atoms with E-state index in [4.69, 9.17) is 5.73 Å². The van der Waals surface area contributed by atoms with Gasteiger partial charge in [0.2, 0.25) is 0 Å². The van der Waals surface area contributed by atoms with E-state index in [0.29, 0.717) is 0 Å². The van der Waals surface area contributed by atoms with Gasteiger partial charge in [-0.15, -0.1) is 0 Å². The summed E-state index contributed by atoms with van der Waals surface area (Å²) in [5.74, 6) is -1.97. The average molecular weight is 228 g/mol. The van der Waals surface area contributed by atoms with Crippen LogP contribution in [0.4, 0.5) is 8.78 Å². The summed E-state index contributed by atoms with van der Waals surface area (Å²) in [7, 11) is 1.62. The van der Waals surface area contributed by atoms with Crippen LogP contribution < -0.4 is 5.73 Å². The van der Waals surface area contributed by atoms with E-state index in [2.05, 4.69) is 6.58 Å². The van der Waals surface area contributed by atoms with Crippen LogP contribution in [0.2, 0.25) is 0 Å². The van der Waals surface area contributed by atoms with Crippen molar-refractivity contribution in [2.24, 2.45) is 5.73 Å². The van der Waals surface area contributed by atoms with E-state index in [1.54, 1.807) is 19.3 Å². The van der Waals surface area contributed by atoms with E-state index in [9.17, 15) is 8.78 Å². The van der Waals surface area contributed by atoms with Gasteiger partial charge in [-0.2, -0.15) is 0 Å². The molecule has 0 aliphatic rings. The van der Waals surface area contributed by atoms with Gasteiger partial charge in [0.05, 0.1) is 5.70 Å². The number of hydrogen-bond acceptors (Lipinski definition) is 2. The van der Waals surface area contributed by atoms with Crippen molar-refractivity contribution in [2.75, 3.05) is 7.05 Å². The molecule has 0 aliphatic carbocycles. The molecule has 0 aromatic rings. The Labute approximate surface area is 95.4 Å². The maximum Gasteiger partial charge on any atom is 0.179 e. The van der Waals surface area contributed by atoms with Crippen LogP contribution in [0, 0.1) is 0 Å². The Morgan fingerprint density at radius 2 is 1.69 bits per heavy atom. The van der Waals surface area contributed by atoms with Gasteiger partial charge in [-0.1, -0.05) is 12.2 Å². The van der Waals surface area contributed by atoms with Crippen LogP contribution in [-0.4, -0.2) is 11.9 Å². The molecule has 90 valence electrons. The highest BCUT2D eigenvalue weighted by Gasteiger charge is 2.12. The second-order valence-corrected chi connectivity index (χ2v) is 3.67. The largest absolute Gasteiger partial charge is 0.400 e. The number of rotatable bonds is 4. The van der Waals surface area contributed by atoms with Gasteiger partial charge in [0.15, 0.2) is 11.7 Å². The minimum Gasteiger partial charge on any atom is -0.400 e. The Morgan fingerprint density at radius 3 is 2.06 bits per heavy atom. The number of hydrogen-bond donors (Lipinski definition) is 1. The average Bonchev–Trinajstić information content (AvgIpc) is 2.22. The van der Waals surface area contributed by atoms with Gasteiger partial charge in [-0.25, -0.2) is 8.78 Å². The molecule has 0 amide bonds. The van der Waals surface area contributed by atoms with Crippen molar-refractivity contribution < 1.29 is 8.78 Å². The van der Waals surface area contributed by atoms with Crippen LogP contribution in [0.3, 0.4) is 0 Å². The van der Waals surface area contributed by atoms with Crippen LogP contribution in [0.25, 0.3) is 0 Å². The topological polar surface area (TPSA) is 29.3 Å². The zero-order valence-electron chi connectivity index (χ0n) is 10.1. The van der Waals surface area contributed by atoms with Gasteiger partial charge < -0.3 is 10.6 Å². The van der Waals surface area contributed by atoms with Crippen molar-refractivity contribution in [3.05, 3.63) is 47.5 Å². The number of halogens is 2. The lowest BCUT2D eigenvalue weighted by atomic mass is 10.3. The van der Waals surface area contributed by atoms with Gasteiger partial charge >= 0.3 is 0 Å². The van der Waals surface area contributed by atoms with Crippen molar-refractivity contribution in [3.8, 4) is 0 Å². The van der Waals surface area contributed by atoms with E-state index in [1.165, 1.54) is 18.7 Å². The van der Waals surface area contributed by atoms with E-state index in [0.717, 1.165) is 5.57 Å². The molecular formula is C12H18F2N2. The first-order chi connectivity index (χ1) is 7.27. The Balaban J connectivity index is 5.03. The molecule has 0 aromatic carbocycles. The molecule has 0 saturated carbocycles. The molecule has 2 nitrogen and oxygen atoms in total. The number of allylic oxidation sites excluding steroid dienone is 6. The van der Waals surface area contributed by atoms with Crippen LogP contribution in [-0.2, 0) is 0 Å². The highest BCUT2D eigenvalue weighted by atomic mass is 19.2. The monoisotopic (exact) mass is 228 g/mol. The summed E-state index contributed by atoms with van der Waals surface area (Å²) in [6, 6.07) is 0. The highest BCUT2D eigenvalue weighted by molar-refractivity contribution is 5.27. The summed E-state index contributed by atoms with van der Waals surface area (Å²) >= 11 is 0. The molecule has 0 aliphatic heterocycles. The smallest absolute Gasteiger partial charge is 0.179 e. The zero-order valence-corrected chi connectivity index (χ0v) is 10.1. The zero-order chi connectivity index (χ0) is 12.9. The summed E-state index contributed by atoms with van der Waals surface area (Å²) < 4.78 is 26.7. The molecule has 0 bridgehead atoms. The standard InChI is InChI=1S/C12H18F2N2/c1-8(2)6-7-16(5)10(4)12(14)11(13)9(3)15/h6-7H,1,15H2,2-5H3/b7-6-,11-9-,12-10-. The molecule has 4 heteroatoms. The van der Waals surface area contributed by atoms with Crippen LogP contribution >= 0.6 is 0 Å². The second kappa shape index (κ2) is 6.10. The summed E-state index contributed by atoms with van der Waals surface area (Å²) in [4.78, 5) is 1.46. The number of nitrogens with zero attached hydrogens (tertiary/aromatic N) is 1. The first-order valence-electron chi connectivity index (χ1n) is 4.82. The van der Waals surface area contributed by atoms with Crippen LogP contribution in [0.1, 0.15) is 20.8 Å². The fourth-order valence-electron chi connectivity index (χ4n) is 0.838. The second-order valence-electron chi connectivity index (χ2n) is 3.67. The lowest BCUT2D eigenvalue weighted by Gasteiger charge is -2.15. The van der Waals surface area contributed by atoms with Gasteiger partial charge in [0.25, 0.3) is 0 Å². The maximum absolute atomic E-state index is 13.5. The van der Waals surface area contributed by atoms with Gasteiger partial charge in [-0.3, -0.25) is 0 Å². The fraction of sp³-hybridized carbons (Fsp3) is 0.333. The van der Waals surface area contributed by atoms with E-state index in [1.807, 2.05) is 6.92 Å². The van der Waals surface area contributed by atoms with Crippen molar-refractivity contribution >= 4 is 0 Å². The number of nitrogens with two attached hydrogens (primary N) is 1. The molecule has 0 aromatic heterocycles. The van der Waals surface area contributed by atoms with Crippen LogP contribution in [0.5, 0.6) is 0 Å². The quantitative estimate of drug-likeness (QED) is 0.747. The highest BCUT2D eigenvalue weighted by Crippen LogP contribution is 2.21. The Hall–Kier alpha value is -1.58. The molecular weight excluding hydrogens is 210 g/mol. The minimum absolute atomic E-state index is 0.153. The third-order valence-corrected chi connectivity index (χ3v) is 1.97. The summed E-state index contributed by atoms with van der Waals surface area (Å²) in [6.45, 7) is 8.26. The van der Waals surface area contributed by atoms with E-state index < -0.39 is 11.7 Å². The molecule has 0 spiro atoms. The summed E-state index contributed by atoms with van der Waals surface area (Å²) in [5, 5.41) is 0. The van der Waals surface area contributed by atoms with Crippen molar-refractivity contribution in [3.63, 3.8) is 0 Å². The molecule has 16 heavy (non-hydrogen) atoms. The van der Waals surface area contributed by atoms with Crippen molar-refractivity contribution in [2.45, 2.75) is 20.8 Å². The first-order valence-corrected chi connectivity index (χ1v) is 4.82. The van der Waals surface area contributed by atoms with E-state index in [-0.39, 0.29) is 11.4 Å². The predicted octanol–water partition coefficient (Wildman–Crippen LogP) is 3.37. The predicted molar refractivity (Wildman–Crippen MR) is 63.5 cm³/mol. The SMILES string of the molecule is C=C(C)/C=C\N(C)/C(C)=C(F)/C(F)=C(\C)N. The van der Waals surface area contributed by atoms with Crippen molar-refractivity contribution in [1.29, 1.82) is 0 Å². The van der Waals surface area contributed by atoms with Gasteiger partial charge in [0, 0.05) is 18.9 Å². The Morgan fingerprint density at radius 1 is 1.19 bits per heavy atom. The van der Waals surface area contributed by atoms with E-state index >= 15 is 0 Å². The van der Waals surface area contributed by atoms with Gasteiger partial charge in [-0.05, 0) is 26.8 Å². The lowest BCUT2D eigenvalue weighted by molar-refractivity contribution is 0.476. The molecule has 0 saturated heterocycles. The lowest BCUT2D eigenvalue weighted by Crippen LogP contribution is -2.10. The molecule has 0 heterocycles. The third kappa shape index (κ3) is 4.29. The molecule has 0 unspecified atom stereocenters.